The van der Waals surface area contributed by atoms with Gasteiger partial charge < -0.3 is 14.4 Å². The van der Waals surface area contributed by atoms with Crippen molar-refractivity contribution in [2.75, 3.05) is 26.3 Å². The molecule has 0 unspecified atom stereocenters. The van der Waals surface area contributed by atoms with Gasteiger partial charge in [-0.25, -0.2) is 13.8 Å². The van der Waals surface area contributed by atoms with E-state index in [0.29, 0.717) is 37.3 Å². The maximum atomic E-state index is 13.5. The van der Waals surface area contributed by atoms with E-state index in [1.165, 1.54) is 12.3 Å². The summed E-state index contributed by atoms with van der Waals surface area (Å²) >= 11 is 0. The first-order valence-electron chi connectivity index (χ1n) is 8.93. The maximum Gasteiger partial charge on any atom is 0.256 e. The lowest BCUT2D eigenvalue weighted by atomic mass is 10.0. The lowest BCUT2D eigenvalue weighted by Gasteiger charge is -2.27. The van der Waals surface area contributed by atoms with E-state index in [-0.39, 0.29) is 17.5 Å². The molecule has 1 aromatic heterocycles. The fraction of sp³-hybridized carbons (Fsp3) is 0.238. The van der Waals surface area contributed by atoms with E-state index in [4.69, 9.17) is 9.47 Å². The van der Waals surface area contributed by atoms with Crippen LogP contribution in [0.3, 0.4) is 0 Å². The van der Waals surface area contributed by atoms with Crippen LogP contribution in [-0.2, 0) is 4.74 Å². The summed E-state index contributed by atoms with van der Waals surface area (Å²) < 4.78 is 37.7. The molecule has 0 N–H and O–H groups in total. The van der Waals surface area contributed by atoms with Gasteiger partial charge in [-0.05, 0) is 30.7 Å². The molecule has 1 amide bonds. The summed E-state index contributed by atoms with van der Waals surface area (Å²) in [4.78, 5) is 19.0. The SMILES string of the molecule is Cc1cccc2c(Oc3ccc(F)c(F)c3)ncc(C(=O)N3CCOCC3)c12. The Labute approximate surface area is 160 Å². The molecule has 2 heterocycles. The third kappa shape index (κ3) is 3.41. The van der Waals surface area contributed by atoms with Crippen LogP contribution in [0.4, 0.5) is 8.78 Å². The van der Waals surface area contributed by atoms with Crippen molar-refractivity contribution in [1.29, 1.82) is 0 Å². The fourth-order valence-electron chi connectivity index (χ4n) is 3.29. The van der Waals surface area contributed by atoms with Crippen LogP contribution in [0.1, 0.15) is 15.9 Å². The molecule has 1 aliphatic heterocycles. The Balaban J connectivity index is 1.76. The minimum absolute atomic E-state index is 0.116. The molecule has 2 aromatic carbocycles. The van der Waals surface area contributed by atoms with Crippen LogP contribution >= 0.6 is 0 Å². The summed E-state index contributed by atoms with van der Waals surface area (Å²) in [5, 5.41) is 1.36. The molecule has 1 fully saturated rings. The van der Waals surface area contributed by atoms with Crippen molar-refractivity contribution in [2.45, 2.75) is 6.92 Å². The quantitative estimate of drug-likeness (QED) is 0.683. The Kier molecular flexibility index (Phi) is 4.92. The molecule has 0 spiro atoms. The summed E-state index contributed by atoms with van der Waals surface area (Å²) in [5.41, 5.74) is 1.37. The van der Waals surface area contributed by atoms with E-state index >= 15 is 0 Å². The maximum absolute atomic E-state index is 13.5. The monoisotopic (exact) mass is 384 g/mol. The van der Waals surface area contributed by atoms with Crippen LogP contribution in [0.2, 0.25) is 0 Å². The Morgan fingerprint density at radius 1 is 1.14 bits per heavy atom. The number of carbonyl (C=O) groups is 1. The smallest absolute Gasteiger partial charge is 0.256 e. The molecule has 1 aliphatic rings. The van der Waals surface area contributed by atoms with Gasteiger partial charge in [-0.1, -0.05) is 12.1 Å². The summed E-state index contributed by atoms with van der Waals surface area (Å²) in [5.74, 6) is -1.72. The largest absolute Gasteiger partial charge is 0.438 e. The van der Waals surface area contributed by atoms with Crippen molar-refractivity contribution in [3.05, 3.63) is 65.4 Å². The number of aryl methyl sites for hydroxylation is 1. The van der Waals surface area contributed by atoms with Crippen LogP contribution < -0.4 is 4.74 Å². The molecule has 28 heavy (non-hydrogen) atoms. The second kappa shape index (κ2) is 7.52. The van der Waals surface area contributed by atoms with Crippen molar-refractivity contribution in [3.63, 3.8) is 0 Å². The van der Waals surface area contributed by atoms with E-state index in [1.807, 2.05) is 19.1 Å². The number of ether oxygens (including phenoxy) is 2. The predicted molar refractivity (Wildman–Crippen MR) is 99.6 cm³/mol. The lowest BCUT2D eigenvalue weighted by Crippen LogP contribution is -2.40. The third-order valence-corrected chi connectivity index (χ3v) is 4.72. The summed E-state index contributed by atoms with van der Waals surface area (Å²) in [7, 11) is 0. The second-order valence-corrected chi connectivity index (χ2v) is 6.56. The first kappa shape index (κ1) is 18.3. The van der Waals surface area contributed by atoms with E-state index in [1.54, 1.807) is 11.0 Å². The molecule has 0 radical (unpaired) electrons. The van der Waals surface area contributed by atoms with E-state index < -0.39 is 11.6 Å². The lowest BCUT2D eigenvalue weighted by molar-refractivity contribution is 0.0304. The Hall–Kier alpha value is -3.06. The van der Waals surface area contributed by atoms with Gasteiger partial charge in [0, 0.05) is 36.1 Å². The topological polar surface area (TPSA) is 51.7 Å². The van der Waals surface area contributed by atoms with Crippen molar-refractivity contribution in [2.24, 2.45) is 0 Å². The van der Waals surface area contributed by atoms with Gasteiger partial charge in [0.1, 0.15) is 5.75 Å². The molecule has 7 heteroatoms. The number of carbonyl (C=O) groups excluding carboxylic acids is 1. The highest BCUT2D eigenvalue weighted by molar-refractivity contribution is 6.09. The van der Waals surface area contributed by atoms with Gasteiger partial charge in [0.2, 0.25) is 5.88 Å². The van der Waals surface area contributed by atoms with E-state index in [9.17, 15) is 13.6 Å². The highest BCUT2D eigenvalue weighted by Gasteiger charge is 2.23. The van der Waals surface area contributed by atoms with E-state index in [2.05, 4.69) is 4.98 Å². The number of hydrogen-bond donors (Lipinski definition) is 0. The average molecular weight is 384 g/mol. The highest BCUT2D eigenvalue weighted by atomic mass is 19.2. The number of rotatable bonds is 3. The van der Waals surface area contributed by atoms with Crippen LogP contribution in [0.5, 0.6) is 11.6 Å². The Bertz CT molecular complexity index is 1050. The zero-order valence-electron chi connectivity index (χ0n) is 15.2. The van der Waals surface area contributed by atoms with Gasteiger partial charge in [0.25, 0.3) is 5.91 Å². The van der Waals surface area contributed by atoms with Crippen LogP contribution in [0.25, 0.3) is 10.8 Å². The summed E-state index contributed by atoms with van der Waals surface area (Å²) in [6, 6.07) is 8.81. The molecule has 0 aliphatic carbocycles. The molecule has 4 rings (SSSR count). The molecular weight excluding hydrogens is 366 g/mol. The number of hydrogen-bond acceptors (Lipinski definition) is 4. The summed E-state index contributed by atoms with van der Waals surface area (Å²) in [6.45, 7) is 3.97. The van der Waals surface area contributed by atoms with Crippen molar-refractivity contribution in [3.8, 4) is 11.6 Å². The van der Waals surface area contributed by atoms with Gasteiger partial charge in [0.15, 0.2) is 11.6 Å². The van der Waals surface area contributed by atoms with Crippen molar-refractivity contribution < 1.29 is 23.0 Å². The third-order valence-electron chi connectivity index (χ3n) is 4.72. The highest BCUT2D eigenvalue weighted by Crippen LogP contribution is 2.33. The van der Waals surface area contributed by atoms with Gasteiger partial charge in [0.05, 0.1) is 18.8 Å². The van der Waals surface area contributed by atoms with E-state index in [0.717, 1.165) is 23.1 Å². The molecule has 144 valence electrons. The number of morpholine rings is 1. The first-order chi connectivity index (χ1) is 13.5. The molecule has 1 saturated heterocycles. The minimum atomic E-state index is -1.00. The van der Waals surface area contributed by atoms with Crippen molar-refractivity contribution in [1.82, 2.24) is 9.88 Å². The van der Waals surface area contributed by atoms with Crippen LogP contribution in [0, 0.1) is 18.6 Å². The number of aromatic nitrogens is 1. The standard InChI is InChI=1S/C21H18F2N2O3/c1-13-3-2-4-15-19(13)16(21(26)25-7-9-27-10-8-25)12-24-20(15)28-14-5-6-17(22)18(23)11-14/h2-6,11-12H,7-10H2,1H3. The molecule has 5 nitrogen and oxygen atoms in total. The summed E-state index contributed by atoms with van der Waals surface area (Å²) in [6.07, 6.45) is 1.47. The van der Waals surface area contributed by atoms with Gasteiger partial charge in [-0.15, -0.1) is 0 Å². The molecule has 0 atom stereocenters. The number of pyridine rings is 1. The number of fused-ring (bicyclic) bond motifs is 1. The second-order valence-electron chi connectivity index (χ2n) is 6.56. The zero-order valence-corrected chi connectivity index (χ0v) is 15.2. The molecule has 0 bridgehead atoms. The predicted octanol–water partition coefficient (Wildman–Crippen LogP) is 4.09. The first-order valence-corrected chi connectivity index (χ1v) is 8.93. The number of nitrogens with zero attached hydrogens (tertiary/aromatic N) is 2. The number of amides is 1. The van der Waals surface area contributed by atoms with Crippen LogP contribution in [0.15, 0.2) is 42.6 Å². The van der Waals surface area contributed by atoms with Crippen molar-refractivity contribution >= 4 is 16.7 Å². The average Bonchev–Trinajstić information content (AvgIpc) is 2.71. The van der Waals surface area contributed by atoms with Gasteiger partial charge in [-0.2, -0.15) is 0 Å². The minimum Gasteiger partial charge on any atom is -0.438 e. The van der Waals surface area contributed by atoms with Crippen LogP contribution in [-0.4, -0.2) is 42.1 Å². The zero-order chi connectivity index (χ0) is 19.7. The Morgan fingerprint density at radius 2 is 1.93 bits per heavy atom. The normalized spacial score (nSPS) is 14.3. The molecule has 0 saturated carbocycles. The molecular formula is C21H18F2N2O3. The van der Waals surface area contributed by atoms with Gasteiger partial charge in [-0.3, -0.25) is 4.79 Å². The Morgan fingerprint density at radius 3 is 2.68 bits per heavy atom. The number of benzene rings is 2. The van der Waals surface area contributed by atoms with Gasteiger partial charge >= 0.3 is 0 Å². The fourth-order valence-corrected chi connectivity index (χ4v) is 3.29. The molecule has 3 aromatic rings. The number of halogens is 2.